The number of piperazine rings is 1. The van der Waals surface area contributed by atoms with E-state index in [9.17, 15) is 0 Å². The van der Waals surface area contributed by atoms with Gasteiger partial charge >= 0.3 is 0 Å². The Bertz CT molecular complexity index is 242. The molecule has 1 saturated heterocycles. The summed E-state index contributed by atoms with van der Waals surface area (Å²) >= 11 is 0. The van der Waals surface area contributed by atoms with E-state index in [2.05, 4.69) is 24.1 Å². The SMILES string of the molecule is COCCCCN1CC(C)NCC1(C)C1CC1. The smallest absolute Gasteiger partial charge is 0.0462 e. The number of rotatable bonds is 6. The number of nitrogens with one attached hydrogen (secondary N) is 1. The van der Waals surface area contributed by atoms with Gasteiger partial charge in [-0.25, -0.2) is 0 Å². The van der Waals surface area contributed by atoms with E-state index in [4.69, 9.17) is 4.74 Å². The molecule has 1 saturated carbocycles. The molecule has 0 amide bonds. The largest absolute Gasteiger partial charge is 0.385 e. The van der Waals surface area contributed by atoms with Crippen LogP contribution < -0.4 is 5.32 Å². The first-order valence-corrected chi connectivity index (χ1v) is 7.14. The number of hydrogen-bond donors (Lipinski definition) is 1. The maximum Gasteiger partial charge on any atom is 0.0462 e. The van der Waals surface area contributed by atoms with Crippen LogP contribution in [0.15, 0.2) is 0 Å². The van der Waals surface area contributed by atoms with Crippen LogP contribution in [0.2, 0.25) is 0 Å². The molecule has 0 bridgehead atoms. The second-order valence-corrected chi connectivity index (χ2v) is 6.06. The van der Waals surface area contributed by atoms with Crippen molar-refractivity contribution in [3.63, 3.8) is 0 Å². The quantitative estimate of drug-likeness (QED) is 0.717. The molecule has 1 N–H and O–H groups in total. The lowest BCUT2D eigenvalue weighted by Crippen LogP contribution is -2.63. The van der Waals surface area contributed by atoms with Crippen molar-refractivity contribution >= 4 is 0 Å². The van der Waals surface area contributed by atoms with Crippen molar-refractivity contribution in [2.75, 3.05) is 33.4 Å². The Morgan fingerprint density at radius 3 is 2.76 bits per heavy atom. The minimum absolute atomic E-state index is 0.416. The molecule has 1 aliphatic carbocycles. The molecule has 1 aliphatic heterocycles. The van der Waals surface area contributed by atoms with Crippen molar-refractivity contribution in [1.82, 2.24) is 10.2 Å². The molecule has 0 aromatic carbocycles. The molecule has 100 valence electrons. The normalized spacial score (nSPS) is 35.1. The van der Waals surface area contributed by atoms with Gasteiger partial charge in [0.05, 0.1) is 0 Å². The molecule has 2 rings (SSSR count). The van der Waals surface area contributed by atoms with Crippen molar-refractivity contribution in [1.29, 1.82) is 0 Å². The lowest BCUT2D eigenvalue weighted by Gasteiger charge is -2.48. The third-order valence-corrected chi connectivity index (χ3v) is 4.51. The van der Waals surface area contributed by atoms with Gasteiger partial charge in [-0.1, -0.05) is 0 Å². The van der Waals surface area contributed by atoms with Gasteiger partial charge in [-0.05, 0) is 52.0 Å². The van der Waals surface area contributed by atoms with E-state index in [-0.39, 0.29) is 0 Å². The lowest BCUT2D eigenvalue weighted by molar-refractivity contribution is 0.0353. The molecule has 2 fully saturated rings. The first-order chi connectivity index (χ1) is 8.16. The Morgan fingerprint density at radius 2 is 2.12 bits per heavy atom. The molecule has 17 heavy (non-hydrogen) atoms. The van der Waals surface area contributed by atoms with Crippen molar-refractivity contribution < 1.29 is 4.74 Å². The average Bonchev–Trinajstić information content (AvgIpc) is 3.13. The molecular weight excluding hydrogens is 212 g/mol. The van der Waals surface area contributed by atoms with E-state index in [1.807, 2.05) is 0 Å². The Balaban J connectivity index is 1.85. The van der Waals surface area contributed by atoms with Crippen LogP contribution in [0.1, 0.15) is 39.5 Å². The van der Waals surface area contributed by atoms with Crippen LogP contribution in [-0.2, 0) is 4.74 Å². The highest BCUT2D eigenvalue weighted by Gasteiger charge is 2.47. The van der Waals surface area contributed by atoms with Crippen LogP contribution in [0.4, 0.5) is 0 Å². The lowest BCUT2D eigenvalue weighted by atomic mass is 9.89. The van der Waals surface area contributed by atoms with E-state index in [1.54, 1.807) is 7.11 Å². The van der Waals surface area contributed by atoms with Gasteiger partial charge in [-0.2, -0.15) is 0 Å². The first-order valence-electron chi connectivity index (χ1n) is 7.14. The summed E-state index contributed by atoms with van der Waals surface area (Å²) in [6.07, 6.45) is 5.32. The highest BCUT2D eigenvalue weighted by Crippen LogP contribution is 2.43. The van der Waals surface area contributed by atoms with Gasteiger partial charge < -0.3 is 10.1 Å². The Kier molecular flexibility index (Phi) is 4.45. The predicted molar refractivity (Wildman–Crippen MR) is 71.3 cm³/mol. The molecule has 0 radical (unpaired) electrons. The summed E-state index contributed by atoms with van der Waals surface area (Å²) in [5, 5.41) is 3.66. The number of nitrogens with zero attached hydrogens (tertiary/aromatic N) is 1. The molecule has 0 spiro atoms. The molecule has 3 nitrogen and oxygen atoms in total. The Labute approximate surface area is 106 Å². The molecule has 0 aromatic rings. The van der Waals surface area contributed by atoms with Crippen LogP contribution in [0, 0.1) is 5.92 Å². The van der Waals surface area contributed by atoms with E-state index < -0.39 is 0 Å². The zero-order valence-electron chi connectivity index (χ0n) is 11.7. The van der Waals surface area contributed by atoms with E-state index in [0.717, 1.165) is 12.5 Å². The monoisotopic (exact) mass is 240 g/mol. The van der Waals surface area contributed by atoms with Gasteiger partial charge in [0.2, 0.25) is 0 Å². The minimum Gasteiger partial charge on any atom is -0.385 e. The zero-order valence-corrected chi connectivity index (χ0v) is 11.7. The predicted octanol–water partition coefficient (Wildman–Crippen LogP) is 1.88. The van der Waals surface area contributed by atoms with Gasteiger partial charge in [0.15, 0.2) is 0 Å². The third-order valence-electron chi connectivity index (χ3n) is 4.51. The summed E-state index contributed by atoms with van der Waals surface area (Å²) in [5.41, 5.74) is 0.416. The molecular formula is C14H28N2O. The van der Waals surface area contributed by atoms with Crippen LogP contribution in [0.3, 0.4) is 0 Å². The van der Waals surface area contributed by atoms with Crippen molar-refractivity contribution in [2.24, 2.45) is 5.92 Å². The van der Waals surface area contributed by atoms with Gasteiger partial charge in [-0.3, -0.25) is 4.90 Å². The van der Waals surface area contributed by atoms with Crippen molar-refractivity contribution in [3.8, 4) is 0 Å². The van der Waals surface area contributed by atoms with Crippen LogP contribution >= 0.6 is 0 Å². The number of unbranched alkanes of at least 4 members (excludes halogenated alkanes) is 1. The summed E-state index contributed by atoms with van der Waals surface area (Å²) in [6, 6.07) is 0.643. The van der Waals surface area contributed by atoms with Gasteiger partial charge in [0.25, 0.3) is 0 Å². The average molecular weight is 240 g/mol. The molecule has 3 heteroatoms. The van der Waals surface area contributed by atoms with Crippen LogP contribution in [0.25, 0.3) is 0 Å². The second-order valence-electron chi connectivity index (χ2n) is 6.06. The highest BCUT2D eigenvalue weighted by molar-refractivity contribution is 5.04. The maximum atomic E-state index is 5.13. The van der Waals surface area contributed by atoms with E-state index in [0.29, 0.717) is 11.6 Å². The molecule has 2 unspecified atom stereocenters. The fourth-order valence-electron chi connectivity index (χ4n) is 3.10. The van der Waals surface area contributed by atoms with Gasteiger partial charge in [0, 0.05) is 38.4 Å². The zero-order chi connectivity index (χ0) is 12.3. The van der Waals surface area contributed by atoms with Gasteiger partial charge in [0.1, 0.15) is 0 Å². The number of methoxy groups -OCH3 is 1. The van der Waals surface area contributed by atoms with Crippen molar-refractivity contribution in [3.05, 3.63) is 0 Å². The Hall–Kier alpha value is -0.120. The summed E-state index contributed by atoms with van der Waals surface area (Å²) < 4.78 is 5.13. The summed E-state index contributed by atoms with van der Waals surface area (Å²) in [6.45, 7) is 9.28. The molecule has 0 aromatic heterocycles. The second kappa shape index (κ2) is 5.68. The molecule has 2 aliphatic rings. The van der Waals surface area contributed by atoms with Crippen LogP contribution in [-0.4, -0.2) is 49.8 Å². The van der Waals surface area contributed by atoms with E-state index >= 15 is 0 Å². The summed E-state index contributed by atoms with van der Waals surface area (Å²) in [4.78, 5) is 2.74. The Morgan fingerprint density at radius 1 is 1.35 bits per heavy atom. The maximum absolute atomic E-state index is 5.13. The number of hydrogen-bond acceptors (Lipinski definition) is 3. The topological polar surface area (TPSA) is 24.5 Å². The summed E-state index contributed by atoms with van der Waals surface area (Å²) in [7, 11) is 1.79. The van der Waals surface area contributed by atoms with Crippen LogP contribution in [0.5, 0.6) is 0 Å². The molecule has 2 atom stereocenters. The van der Waals surface area contributed by atoms with Gasteiger partial charge in [-0.15, -0.1) is 0 Å². The fraction of sp³-hybridized carbons (Fsp3) is 1.00. The fourth-order valence-corrected chi connectivity index (χ4v) is 3.10. The molecule has 1 heterocycles. The third kappa shape index (κ3) is 3.21. The standard InChI is InChI=1S/C14H28N2O/c1-12-10-16(8-4-5-9-17-3)14(2,11-15-12)13-6-7-13/h12-13,15H,4-11H2,1-3H3. The summed E-state index contributed by atoms with van der Waals surface area (Å²) in [5.74, 6) is 0.935. The first kappa shape index (κ1) is 13.3. The minimum atomic E-state index is 0.416. The van der Waals surface area contributed by atoms with Crippen molar-refractivity contribution in [2.45, 2.75) is 51.1 Å². The van der Waals surface area contributed by atoms with E-state index in [1.165, 1.54) is 45.3 Å². The highest BCUT2D eigenvalue weighted by atomic mass is 16.5. The number of ether oxygens (including phenoxy) is 1.